The van der Waals surface area contributed by atoms with Crippen LogP contribution in [0, 0.1) is 0 Å². The summed E-state index contributed by atoms with van der Waals surface area (Å²) in [5.74, 6) is -0.848. The summed E-state index contributed by atoms with van der Waals surface area (Å²) in [5.41, 5.74) is 6.87. The van der Waals surface area contributed by atoms with E-state index in [2.05, 4.69) is 11.8 Å². The number of anilines is 1. The first-order valence-electron chi connectivity index (χ1n) is 8.03. The third-order valence-corrected chi connectivity index (χ3v) is 4.27. The van der Waals surface area contributed by atoms with Crippen molar-refractivity contribution in [2.75, 3.05) is 25.0 Å². The molecule has 0 aliphatic carbocycles. The molecule has 2 atom stereocenters. The van der Waals surface area contributed by atoms with Gasteiger partial charge in [-0.05, 0) is 30.7 Å². The summed E-state index contributed by atoms with van der Waals surface area (Å²) in [6.45, 7) is 3.26. The predicted molar refractivity (Wildman–Crippen MR) is 89.3 cm³/mol. The fraction of sp³-hybridized carbons (Fsp3) is 0.529. The van der Waals surface area contributed by atoms with Gasteiger partial charge in [-0.25, -0.2) is 0 Å². The van der Waals surface area contributed by atoms with Crippen LogP contribution >= 0.6 is 0 Å². The largest absolute Gasteiger partial charge is 0.391 e. The maximum atomic E-state index is 12.6. The lowest BCUT2D eigenvalue weighted by molar-refractivity contribution is -0.121. The molecule has 0 bridgehead atoms. The van der Waals surface area contributed by atoms with Crippen molar-refractivity contribution in [1.82, 2.24) is 4.90 Å². The van der Waals surface area contributed by atoms with Crippen LogP contribution in [0.4, 0.5) is 5.69 Å². The monoisotopic (exact) mass is 319 g/mol. The molecule has 3 N–H and O–H groups in total. The van der Waals surface area contributed by atoms with E-state index in [0.717, 1.165) is 25.1 Å². The zero-order valence-electron chi connectivity index (χ0n) is 13.7. The topological polar surface area (TPSA) is 86.9 Å². The maximum absolute atomic E-state index is 12.6. The lowest BCUT2D eigenvalue weighted by Crippen LogP contribution is -2.43. The Morgan fingerprint density at radius 1 is 1.35 bits per heavy atom. The Hall–Kier alpha value is -2.08. The molecular weight excluding hydrogens is 294 g/mol. The van der Waals surface area contributed by atoms with Crippen molar-refractivity contribution in [3.8, 4) is 0 Å². The Kier molecular flexibility index (Phi) is 5.60. The summed E-state index contributed by atoms with van der Waals surface area (Å²) in [6.07, 6.45) is 1.75. The molecule has 1 heterocycles. The highest BCUT2D eigenvalue weighted by atomic mass is 16.3. The van der Waals surface area contributed by atoms with Crippen LogP contribution in [0.5, 0.6) is 0 Å². The van der Waals surface area contributed by atoms with Gasteiger partial charge >= 0.3 is 0 Å². The minimum absolute atomic E-state index is 0.143. The van der Waals surface area contributed by atoms with Gasteiger partial charge in [0.25, 0.3) is 5.91 Å². The molecule has 1 aliphatic rings. The molecule has 2 rings (SSSR count). The number of likely N-dealkylation sites (tertiary alicyclic amines) is 1. The number of β-amino-alcohol motifs (C(OH)–C–C–N with tert-alkyl or cyclic N) is 1. The van der Waals surface area contributed by atoms with Crippen LogP contribution in [-0.2, 0) is 4.79 Å². The minimum Gasteiger partial charge on any atom is -0.391 e. The average Bonchev–Trinajstić information content (AvgIpc) is 2.94. The van der Waals surface area contributed by atoms with Crippen LogP contribution in [0.3, 0.4) is 0 Å². The van der Waals surface area contributed by atoms with Gasteiger partial charge in [-0.3, -0.25) is 9.59 Å². The van der Waals surface area contributed by atoms with E-state index < -0.39 is 18.1 Å². The zero-order chi connectivity index (χ0) is 17.0. The van der Waals surface area contributed by atoms with Crippen molar-refractivity contribution in [1.29, 1.82) is 0 Å². The number of nitrogens with zero attached hydrogens (tertiary/aromatic N) is 2. The summed E-state index contributed by atoms with van der Waals surface area (Å²) in [6, 6.07) is 6.57. The molecule has 1 fully saturated rings. The van der Waals surface area contributed by atoms with E-state index in [1.807, 2.05) is 19.2 Å². The molecule has 0 aromatic heterocycles. The van der Waals surface area contributed by atoms with Crippen molar-refractivity contribution in [3.63, 3.8) is 0 Å². The summed E-state index contributed by atoms with van der Waals surface area (Å²) >= 11 is 0. The Morgan fingerprint density at radius 3 is 2.57 bits per heavy atom. The molecule has 0 spiro atoms. The van der Waals surface area contributed by atoms with Crippen molar-refractivity contribution in [3.05, 3.63) is 29.8 Å². The molecule has 0 radical (unpaired) electrons. The third-order valence-electron chi connectivity index (χ3n) is 4.27. The Bertz CT molecular complexity index is 559. The van der Waals surface area contributed by atoms with Crippen LogP contribution in [0.1, 0.15) is 36.5 Å². The molecule has 0 unspecified atom stereocenters. The highest BCUT2D eigenvalue weighted by molar-refractivity contribution is 5.98. The number of unbranched alkanes of at least 4 members (excludes halogenated alkanes) is 1. The Balaban J connectivity index is 2.09. The summed E-state index contributed by atoms with van der Waals surface area (Å²) < 4.78 is 0. The molecule has 23 heavy (non-hydrogen) atoms. The number of nitrogens with two attached hydrogens (primary N) is 1. The van der Waals surface area contributed by atoms with Gasteiger partial charge in [0.05, 0.1) is 6.10 Å². The quantitative estimate of drug-likeness (QED) is 0.818. The van der Waals surface area contributed by atoms with Gasteiger partial charge in [-0.1, -0.05) is 13.3 Å². The first-order chi connectivity index (χ1) is 10.9. The van der Waals surface area contributed by atoms with E-state index in [4.69, 9.17) is 5.73 Å². The molecule has 0 saturated carbocycles. The van der Waals surface area contributed by atoms with Crippen LogP contribution < -0.4 is 10.6 Å². The number of hydrogen-bond donors (Lipinski definition) is 2. The number of hydrogen-bond acceptors (Lipinski definition) is 4. The van der Waals surface area contributed by atoms with E-state index in [0.29, 0.717) is 5.56 Å². The molecule has 126 valence electrons. The lowest BCUT2D eigenvalue weighted by atomic mass is 10.1. The second kappa shape index (κ2) is 7.46. The number of rotatable bonds is 6. The Morgan fingerprint density at radius 2 is 2.00 bits per heavy atom. The van der Waals surface area contributed by atoms with Crippen molar-refractivity contribution in [2.24, 2.45) is 5.73 Å². The highest BCUT2D eigenvalue weighted by Gasteiger charge is 2.38. The zero-order valence-corrected chi connectivity index (χ0v) is 13.7. The van der Waals surface area contributed by atoms with Crippen molar-refractivity contribution >= 4 is 17.5 Å². The standard InChI is InChI=1S/C17H25N3O3/c1-3-4-9-19(2)13-7-5-12(6-8-13)17(23)20-11-14(21)10-15(20)16(18)22/h5-8,14-15,21H,3-4,9-11H2,1-2H3,(H2,18,22)/t14-,15+/m1/s1. The van der Waals surface area contributed by atoms with E-state index in [9.17, 15) is 14.7 Å². The van der Waals surface area contributed by atoms with Crippen molar-refractivity contribution < 1.29 is 14.7 Å². The number of carbonyl (C=O) groups excluding carboxylic acids is 2. The predicted octanol–water partition coefficient (Wildman–Crippen LogP) is 0.984. The van der Waals surface area contributed by atoms with Crippen LogP contribution in [0.2, 0.25) is 0 Å². The van der Waals surface area contributed by atoms with Crippen LogP contribution in [0.25, 0.3) is 0 Å². The smallest absolute Gasteiger partial charge is 0.254 e. The van der Waals surface area contributed by atoms with Gasteiger partial charge in [0, 0.05) is 37.8 Å². The molecule has 1 saturated heterocycles. The number of aliphatic hydroxyl groups is 1. The molecule has 2 amide bonds. The van der Waals surface area contributed by atoms with Gasteiger partial charge in [0.1, 0.15) is 6.04 Å². The van der Waals surface area contributed by atoms with E-state index in [-0.39, 0.29) is 18.9 Å². The number of primary amides is 1. The van der Waals surface area contributed by atoms with Gasteiger partial charge < -0.3 is 20.6 Å². The first-order valence-corrected chi connectivity index (χ1v) is 8.03. The second-order valence-electron chi connectivity index (χ2n) is 6.09. The lowest BCUT2D eigenvalue weighted by Gasteiger charge is -2.23. The number of aliphatic hydroxyl groups excluding tert-OH is 1. The average molecular weight is 319 g/mol. The minimum atomic E-state index is -0.732. The third kappa shape index (κ3) is 4.01. The molecule has 1 aliphatic heterocycles. The van der Waals surface area contributed by atoms with Crippen LogP contribution in [0.15, 0.2) is 24.3 Å². The first kappa shape index (κ1) is 17.3. The molecule has 1 aromatic rings. The Labute approximate surface area is 136 Å². The van der Waals surface area contributed by atoms with E-state index in [1.165, 1.54) is 4.90 Å². The summed E-state index contributed by atoms with van der Waals surface area (Å²) in [5, 5.41) is 9.71. The number of benzene rings is 1. The normalized spacial score (nSPS) is 20.6. The summed E-state index contributed by atoms with van der Waals surface area (Å²) in [7, 11) is 2.02. The summed E-state index contributed by atoms with van der Waals surface area (Å²) in [4.78, 5) is 27.5. The second-order valence-corrected chi connectivity index (χ2v) is 6.09. The number of carbonyl (C=O) groups is 2. The van der Waals surface area contributed by atoms with Gasteiger partial charge in [-0.15, -0.1) is 0 Å². The maximum Gasteiger partial charge on any atom is 0.254 e. The van der Waals surface area contributed by atoms with Gasteiger partial charge in [0.15, 0.2) is 0 Å². The fourth-order valence-electron chi connectivity index (χ4n) is 2.86. The van der Waals surface area contributed by atoms with Gasteiger partial charge in [0.2, 0.25) is 5.91 Å². The van der Waals surface area contributed by atoms with Crippen LogP contribution in [-0.4, -0.2) is 54.1 Å². The fourth-order valence-corrected chi connectivity index (χ4v) is 2.86. The molecular formula is C17H25N3O3. The van der Waals surface area contributed by atoms with Gasteiger partial charge in [-0.2, -0.15) is 0 Å². The van der Waals surface area contributed by atoms with Crippen molar-refractivity contribution in [2.45, 2.75) is 38.3 Å². The molecule has 6 nitrogen and oxygen atoms in total. The molecule has 1 aromatic carbocycles. The molecule has 6 heteroatoms. The SMILES string of the molecule is CCCCN(C)c1ccc(C(=O)N2C[C@H](O)C[C@H]2C(N)=O)cc1. The van der Waals surface area contributed by atoms with E-state index in [1.54, 1.807) is 12.1 Å². The number of amides is 2. The van der Waals surface area contributed by atoms with E-state index >= 15 is 0 Å². The highest BCUT2D eigenvalue weighted by Crippen LogP contribution is 2.22.